The van der Waals surface area contributed by atoms with Gasteiger partial charge in [0.05, 0.1) is 0 Å². The van der Waals surface area contributed by atoms with Crippen LogP contribution in [0.25, 0.3) is 0 Å². The van der Waals surface area contributed by atoms with Crippen molar-refractivity contribution in [2.45, 2.75) is 104 Å². The van der Waals surface area contributed by atoms with Crippen molar-refractivity contribution in [3.05, 3.63) is 83.4 Å². The summed E-state index contributed by atoms with van der Waals surface area (Å²) in [5, 5.41) is 0. The van der Waals surface area contributed by atoms with Crippen molar-refractivity contribution in [2.24, 2.45) is 17.8 Å². The number of likely N-dealkylation sites (tertiary alicyclic amines) is 1. The number of carbonyl (C=O) groups is 1. The van der Waals surface area contributed by atoms with Crippen molar-refractivity contribution in [1.29, 1.82) is 0 Å². The number of hydrogen-bond donors (Lipinski definition) is 0. The number of carbonyl (C=O) groups excluding carboxylic acids is 1. The molecule has 4 nitrogen and oxygen atoms in total. The van der Waals surface area contributed by atoms with Crippen molar-refractivity contribution < 1.29 is 9.53 Å². The summed E-state index contributed by atoms with van der Waals surface area (Å²) in [6.07, 6.45) is 14.0. The van der Waals surface area contributed by atoms with Crippen LogP contribution in [0.5, 0.6) is 0 Å². The molecule has 1 amide bonds. The van der Waals surface area contributed by atoms with E-state index < -0.39 is 0 Å². The third-order valence-corrected chi connectivity index (χ3v) is 10.1. The zero-order chi connectivity index (χ0) is 29.7. The summed E-state index contributed by atoms with van der Waals surface area (Å²) in [4.78, 5) is 17.6. The van der Waals surface area contributed by atoms with Gasteiger partial charge in [0.15, 0.2) is 0 Å². The van der Waals surface area contributed by atoms with Crippen molar-refractivity contribution in [3.63, 3.8) is 0 Å². The van der Waals surface area contributed by atoms with Crippen LogP contribution in [0.4, 0.5) is 4.79 Å². The maximum atomic E-state index is 12.9. The Morgan fingerprint density at radius 1 is 0.929 bits per heavy atom. The summed E-state index contributed by atoms with van der Waals surface area (Å²) in [6, 6.07) is 21.6. The van der Waals surface area contributed by atoms with Crippen LogP contribution in [0, 0.1) is 17.8 Å². The molecule has 2 aliphatic carbocycles. The lowest BCUT2D eigenvalue weighted by molar-refractivity contribution is 0.0602. The Morgan fingerprint density at radius 3 is 2.19 bits per heavy atom. The van der Waals surface area contributed by atoms with Gasteiger partial charge in [-0.2, -0.15) is 0 Å². The molecule has 230 valence electrons. The quantitative estimate of drug-likeness (QED) is 0.266. The van der Waals surface area contributed by atoms with Crippen LogP contribution in [0.1, 0.15) is 103 Å². The molecule has 42 heavy (non-hydrogen) atoms. The highest BCUT2D eigenvalue weighted by molar-refractivity contribution is 5.68. The van der Waals surface area contributed by atoms with Crippen LogP contribution in [0.3, 0.4) is 0 Å². The Balaban J connectivity index is 0.00000198. The van der Waals surface area contributed by atoms with Gasteiger partial charge in [-0.1, -0.05) is 112 Å². The van der Waals surface area contributed by atoms with Crippen LogP contribution in [0.2, 0.25) is 0 Å². The molecule has 2 aromatic carbocycles. The number of nitrogens with zero attached hydrogens (tertiary/aromatic N) is 2. The maximum absolute atomic E-state index is 12.9. The van der Waals surface area contributed by atoms with E-state index in [1.165, 1.54) is 57.1 Å². The molecule has 0 radical (unpaired) electrons. The molecule has 2 saturated carbocycles. The Morgan fingerprint density at radius 2 is 1.57 bits per heavy atom. The molecular weight excluding hydrogens is 516 g/mol. The molecule has 3 aliphatic rings. The third-order valence-electron chi connectivity index (χ3n) is 10.1. The van der Waals surface area contributed by atoms with E-state index in [2.05, 4.69) is 55.2 Å². The smallest absolute Gasteiger partial charge is 0.410 e. The van der Waals surface area contributed by atoms with Crippen molar-refractivity contribution in [2.75, 3.05) is 26.2 Å². The largest absolute Gasteiger partial charge is 0.445 e. The average molecular weight is 573 g/mol. The minimum Gasteiger partial charge on any atom is -0.445 e. The van der Waals surface area contributed by atoms with E-state index in [0.717, 1.165) is 43.3 Å². The second-order valence-electron chi connectivity index (χ2n) is 12.5. The summed E-state index contributed by atoms with van der Waals surface area (Å²) in [5.74, 6) is 2.98. The summed E-state index contributed by atoms with van der Waals surface area (Å²) < 4.78 is 5.69. The monoisotopic (exact) mass is 572 g/mol. The lowest BCUT2D eigenvalue weighted by atomic mass is 9.86. The van der Waals surface area contributed by atoms with E-state index in [1.807, 2.05) is 49.1 Å². The van der Waals surface area contributed by atoms with Crippen LogP contribution >= 0.6 is 0 Å². The topological polar surface area (TPSA) is 32.8 Å². The van der Waals surface area contributed by atoms with Crippen LogP contribution < -0.4 is 0 Å². The Labute approximate surface area is 256 Å². The first-order chi connectivity index (χ1) is 20.6. The SMILES string of the molecule is C/C=C(/CC1CCCC1)C1C[C@H](CN2CCC(N(CC)C(=O)OCc3ccccc3)CC2)[C@@H](c2ccccc2)C1.CC. The first-order valence-corrected chi connectivity index (χ1v) is 17.0. The zero-order valence-corrected chi connectivity index (χ0v) is 26.8. The van der Waals surface area contributed by atoms with E-state index in [0.29, 0.717) is 25.0 Å². The lowest BCUT2D eigenvalue weighted by Gasteiger charge is -2.39. The number of rotatable bonds is 10. The van der Waals surface area contributed by atoms with Gasteiger partial charge >= 0.3 is 6.09 Å². The Kier molecular flexibility index (Phi) is 13.0. The molecule has 1 unspecified atom stereocenters. The van der Waals surface area contributed by atoms with Gasteiger partial charge in [-0.05, 0) is 80.8 Å². The molecule has 0 spiro atoms. The molecule has 3 fully saturated rings. The van der Waals surface area contributed by atoms with Gasteiger partial charge in [0, 0.05) is 32.2 Å². The van der Waals surface area contributed by atoms with E-state index in [1.54, 1.807) is 5.57 Å². The highest BCUT2D eigenvalue weighted by Crippen LogP contribution is 2.48. The molecule has 0 aromatic heterocycles. The van der Waals surface area contributed by atoms with Crippen molar-refractivity contribution >= 4 is 6.09 Å². The summed E-state index contributed by atoms with van der Waals surface area (Å²) in [6.45, 7) is 12.7. The van der Waals surface area contributed by atoms with Gasteiger partial charge in [0.25, 0.3) is 0 Å². The molecule has 1 saturated heterocycles. The fourth-order valence-electron chi connectivity index (χ4n) is 7.89. The fourth-order valence-corrected chi connectivity index (χ4v) is 7.89. The Hall–Kier alpha value is -2.59. The number of hydrogen-bond acceptors (Lipinski definition) is 3. The maximum Gasteiger partial charge on any atom is 0.410 e. The predicted octanol–water partition coefficient (Wildman–Crippen LogP) is 9.47. The van der Waals surface area contributed by atoms with Crippen molar-refractivity contribution in [3.8, 4) is 0 Å². The van der Waals surface area contributed by atoms with Gasteiger partial charge in [0.1, 0.15) is 6.61 Å². The second kappa shape index (κ2) is 16.9. The molecule has 3 atom stereocenters. The molecule has 5 rings (SSSR count). The van der Waals surface area contributed by atoms with Gasteiger partial charge in [0.2, 0.25) is 0 Å². The minimum absolute atomic E-state index is 0.172. The summed E-state index contributed by atoms with van der Waals surface area (Å²) in [7, 11) is 0. The van der Waals surface area contributed by atoms with Gasteiger partial charge in [-0.25, -0.2) is 4.79 Å². The Bertz CT molecular complexity index is 1070. The normalized spacial score (nSPS) is 23.8. The number of amides is 1. The number of allylic oxidation sites excluding steroid dienone is 2. The number of piperidine rings is 1. The average Bonchev–Trinajstić information content (AvgIpc) is 3.72. The molecule has 0 N–H and O–H groups in total. The number of benzene rings is 2. The van der Waals surface area contributed by atoms with Gasteiger partial charge in [-0.15, -0.1) is 0 Å². The summed E-state index contributed by atoms with van der Waals surface area (Å²) in [5.41, 5.74) is 4.30. The highest BCUT2D eigenvalue weighted by Gasteiger charge is 2.39. The number of ether oxygens (including phenoxy) is 1. The first kappa shape index (κ1) is 32.3. The molecule has 1 heterocycles. The predicted molar refractivity (Wildman–Crippen MR) is 176 cm³/mol. The van der Waals surface area contributed by atoms with Gasteiger partial charge in [-0.3, -0.25) is 0 Å². The summed E-state index contributed by atoms with van der Waals surface area (Å²) >= 11 is 0. The first-order valence-electron chi connectivity index (χ1n) is 17.0. The lowest BCUT2D eigenvalue weighted by Crippen LogP contribution is -2.48. The molecule has 2 aromatic rings. The van der Waals surface area contributed by atoms with E-state index in [9.17, 15) is 4.79 Å². The zero-order valence-electron chi connectivity index (χ0n) is 26.8. The van der Waals surface area contributed by atoms with E-state index in [4.69, 9.17) is 4.74 Å². The van der Waals surface area contributed by atoms with E-state index >= 15 is 0 Å². The van der Waals surface area contributed by atoms with E-state index in [-0.39, 0.29) is 12.1 Å². The highest BCUT2D eigenvalue weighted by atomic mass is 16.6. The minimum atomic E-state index is -0.172. The van der Waals surface area contributed by atoms with Crippen molar-refractivity contribution in [1.82, 2.24) is 9.80 Å². The molecule has 4 heteroatoms. The fraction of sp³-hybridized carbons (Fsp3) is 0.605. The van der Waals surface area contributed by atoms with Crippen LogP contribution in [-0.2, 0) is 11.3 Å². The standard InChI is InChI=1S/C36H50N2O2.C2H6/c1-3-30(23-28-13-11-12-14-28)32-24-33(35(25-32)31-17-9-6-10-18-31)26-37-21-19-34(20-22-37)38(4-2)36(39)40-27-29-15-7-5-8-16-29;1-2/h3,5-10,15-18,28,32-35H,4,11-14,19-27H2,1-2H3;1-2H3/b30-3-;/t32?,33-,35-;/m1./s1. The van der Waals surface area contributed by atoms with Crippen LogP contribution in [-0.4, -0.2) is 48.1 Å². The molecular formula is C38H56N2O2. The molecule has 0 bridgehead atoms. The van der Waals surface area contributed by atoms with Crippen LogP contribution in [0.15, 0.2) is 72.3 Å². The third kappa shape index (κ3) is 8.72. The molecule has 1 aliphatic heterocycles. The van der Waals surface area contributed by atoms with Gasteiger partial charge < -0.3 is 14.5 Å². The second-order valence-corrected chi connectivity index (χ2v) is 12.5.